The molecule has 5 nitrogen and oxygen atoms in total. The molecule has 0 aliphatic rings. The van der Waals surface area contributed by atoms with Gasteiger partial charge >= 0.3 is 0 Å². The lowest BCUT2D eigenvalue weighted by Crippen LogP contribution is -2.38. The monoisotopic (exact) mass is 291 g/mol. The lowest BCUT2D eigenvalue weighted by Gasteiger charge is -2.17. The molecule has 0 bridgehead atoms. The van der Waals surface area contributed by atoms with Crippen molar-refractivity contribution in [2.24, 2.45) is 11.7 Å². The highest BCUT2D eigenvalue weighted by molar-refractivity contribution is 5.92. The number of rotatable bonds is 6. The third-order valence-electron chi connectivity index (χ3n) is 2.85. The van der Waals surface area contributed by atoms with E-state index < -0.39 is 5.54 Å². The van der Waals surface area contributed by atoms with Gasteiger partial charge in [-0.1, -0.05) is 26.0 Å². The smallest absolute Gasteiger partial charge is 0.226 e. The van der Waals surface area contributed by atoms with Gasteiger partial charge in [-0.15, -0.1) is 0 Å². The molecule has 0 radical (unpaired) electrons. The van der Waals surface area contributed by atoms with Gasteiger partial charge in [0.2, 0.25) is 11.8 Å². The molecule has 0 saturated heterocycles. The fourth-order valence-corrected chi connectivity index (χ4v) is 1.67. The molecule has 0 aromatic heterocycles. The van der Waals surface area contributed by atoms with Crippen molar-refractivity contribution in [2.75, 3.05) is 5.32 Å². The maximum Gasteiger partial charge on any atom is 0.226 e. The second-order valence-electron chi connectivity index (χ2n) is 6.28. The molecule has 4 N–H and O–H groups in total. The molecule has 0 unspecified atom stereocenters. The first-order valence-corrected chi connectivity index (χ1v) is 7.13. The summed E-state index contributed by atoms with van der Waals surface area (Å²) in [6.07, 6.45) is 0.287. The fraction of sp³-hybridized carbons (Fsp3) is 0.500. The van der Waals surface area contributed by atoms with Gasteiger partial charge in [0, 0.05) is 30.1 Å². The average Bonchev–Trinajstić information content (AvgIpc) is 2.35. The van der Waals surface area contributed by atoms with Gasteiger partial charge in [-0.25, -0.2) is 0 Å². The Morgan fingerprint density at radius 3 is 2.24 bits per heavy atom. The SMILES string of the molecule is CC(C)C(=O)Nc1ccc(CNC(=O)CC(C)(C)N)cc1. The topological polar surface area (TPSA) is 84.2 Å². The highest BCUT2D eigenvalue weighted by Crippen LogP contribution is 2.11. The van der Waals surface area contributed by atoms with Crippen molar-refractivity contribution in [3.8, 4) is 0 Å². The van der Waals surface area contributed by atoms with Crippen molar-refractivity contribution in [2.45, 2.75) is 46.2 Å². The molecule has 0 aliphatic carbocycles. The number of benzene rings is 1. The summed E-state index contributed by atoms with van der Waals surface area (Å²) in [5.41, 5.74) is 7.02. The number of carbonyl (C=O) groups excluding carboxylic acids is 2. The zero-order valence-corrected chi connectivity index (χ0v) is 13.2. The Balaban J connectivity index is 2.48. The number of nitrogens with one attached hydrogen (secondary N) is 2. The van der Waals surface area contributed by atoms with E-state index in [-0.39, 0.29) is 24.2 Å². The predicted molar refractivity (Wildman–Crippen MR) is 84.6 cm³/mol. The molecule has 1 aromatic rings. The Labute approximate surface area is 126 Å². The van der Waals surface area contributed by atoms with Crippen molar-refractivity contribution >= 4 is 17.5 Å². The fourth-order valence-electron chi connectivity index (χ4n) is 1.67. The van der Waals surface area contributed by atoms with Crippen LogP contribution < -0.4 is 16.4 Å². The zero-order valence-electron chi connectivity index (χ0n) is 13.2. The number of nitrogens with two attached hydrogens (primary N) is 1. The second-order valence-corrected chi connectivity index (χ2v) is 6.28. The van der Waals surface area contributed by atoms with Crippen LogP contribution in [0, 0.1) is 5.92 Å². The molecular formula is C16H25N3O2. The van der Waals surface area contributed by atoms with Crippen molar-refractivity contribution in [1.29, 1.82) is 0 Å². The number of amides is 2. The molecule has 2 amide bonds. The van der Waals surface area contributed by atoms with E-state index in [0.29, 0.717) is 6.54 Å². The maximum atomic E-state index is 11.7. The summed E-state index contributed by atoms with van der Waals surface area (Å²) in [6.45, 7) is 7.78. The molecule has 1 rings (SSSR count). The van der Waals surface area contributed by atoms with E-state index in [9.17, 15) is 9.59 Å². The zero-order chi connectivity index (χ0) is 16.0. The quantitative estimate of drug-likeness (QED) is 0.749. The van der Waals surface area contributed by atoms with Gasteiger partial charge in [-0.05, 0) is 31.5 Å². The van der Waals surface area contributed by atoms with E-state index in [1.54, 1.807) is 0 Å². The number of hydrogen-bond donors (Lipinski definition) is 3. The molecule has 0 atom stereocenters. The largest absolute Gasteiger partial charge is 0.352 e. The Bertz CT molecular complexity index is 487. The summed E-state index contributed by atoms with van der Waals surface area (Å²) in [5.74, 6) is -0.135. The summed E-state index contributed by atoms with van der Waals surface area (Å²) in [7, 11) is 0. The molecule has 0 aliphatic heterocycles. The summed E-state index contributed by atoms with van der Waals surface area (Å²) < 4.78 is 0. The van der Waals surface area contributed by atoms with E-state index in [1.807, 2.05) is 52.0 Å². The summed E-state index contributed by atoms with van der Waals surface area (Å²) in [4.78, 5) is 23.2. The minimum absolute atomic E-state index is 0.0128. The van der Waals surface area contributed by atoms with E-state index >= 15 is 0 Å². The van der Waals surface area contributed by atoms with Gasteiger partial charge in [0.1, 0.15) is 0 Å². The van der Waals surface area contributed by atoms with E-state index in [1.165, 1.54) is 0 Å². The van der Waals surface area contributed by atoms with Gasteiger partial charge in [0.05, 0.1) is 0 Å². The Kier molecular flexibility index (Phi) is 5.90. The van der Waals surface area contributed by atoms with E-state index in [0.717, 1.165) is 11.3 Å². The summed E-state index contributed by atoms with van der Waals surface area (Å²) >= 11 is 0. The molecule has 1 aromatic carbocycles. The molecule has 116 valence electrons. The van der Waals surface area contributed by atoms with Gasteiger partial charge in [0.15, 0.2) is 0 Å². The molecular weight excluding hydrogens is 266 g/mol. The van der Waals surface area contributed by atoms with Crippen LogP contribution in [0.15, 0.2) is 24.3 Å². The minimum Gasteiger partial charge on any atom is -0.352 e. The van der Waals surface area contributed by atoms with Crippen LogP contribution in [0.2, 0.25) is 0 Å². The van der Waals surface area contributed by atoms with Crippen LogP contribution in [-0.2, 0) is 16.1 Å². The third kappa shape index (κ3) is 6.90. The van der Waals surface area contributed by atoms with Gasteiger partial charge in [-0.3, -0.25) is 9.59 Å². The lowest BCUT2D eigenvalue weighted by molar-refractivity contribution is -0.122. The van der Waals surface area contributed by atoms with Crippen molar-refractivity contribution in [1.82, 2.24) is 5.32 Å². The maximum absolute atomic E-state index is 11.7. The standard InChI is InChI=1S/C16H25N3O2/c1-11(2)15(21)19-13-7-5-12(6-8-13)10-18-14(20)9-16(3,4)17/h5-8,11H,9-10,17H2,1-4H3,(H,18,20)(H,19,21). The molecule has 0 saturated carbocycles. The molecule has 5 heteroatoms. The normalized spacial score (nSPS) is 11.3. The Morgan fingerprint density at radius 2 is 1.76 bits per heavy atom. The van der Waals surface area contributed by atoms with E-state index in [2.05, 4.69) is 10.6 Å². The first-order valence-electron chi connectivity index (χ1n) is 7.13. The first-order chi connectivity index (χ1) is 9.67. The van der Waals surface area contributed by atoms with Crippen LogP contribution in [-0.4, -0.2) is 17.4 Å². The van der Waals surface area contributed by atoms with Crippen molar-refractivity contribution in [3.05, 3.63) is 29.8 Å². The number of hydrogen-bond acceptors (Lipinski definition) is 3. The average molecular weight is 291 g/mol. The van der Waals surface area contributed by atoms with Crippen molar-refractivity contribution in [3.63, 3.8) is 0 Å². The van der Waals surface area contributed by atoms with E-state index in [4.69, 9.17) is 5.73 Å². The van der Waals surface area contributed by atoms with Crippen LogP contribution in [0.1, 0.15) is 39.7 Å². The molecule has 0 spiro atoms. The summed E-state index contributed by atoms with van der Waals surface area (Å²) in [5, 5.41) is 5.65. The van der Waals surface area contributed by atoms with Gasteiger partial charge < -0.3 is 16.4 Å². The third-order valence-corrected chi connectivity index (χ3v) is 2.85. The molecule has 0 heterocycles. The first kappa shape index (κ1) is 17.2. The van der Waals surface area contributed by atoms with Crippen LogP contribution in [0.3, 0.4) is 0 Å². The van der Waals surface area contributed by atoms with Crippen LogP contribution in [0.5, 0.6) is 0 Å². The molecule has 0 fully saturated rings. The van der Waals surface area contributed by atoms with Crippen LogP contribution in [0.25, 0.3) is 0 Å². The minimum atomic E-state index is -0.505. The van der Waals surface area contributed by atoms with Gasteiger partial charge in [0.25, 0.3) is 0 Å². The Morgan fingerprint density at radius 1 is 1.19 bits per heavy atom. The van der Waals surface area contributed by atoms with Crippen LogP contribution >= 0.6 is 0 Å². The molecule has 21 heavy (non-hydrogen) atoms. The summed E-state index contributed by atoms with van der Waals surface area (Å²) in [6, 6.07) is 7.41. The highest BCUT2D eigenvalue weighted by atomic mass is 16.2. The lowest BCUT2D eigenvalue weighted by atomic mass is 10.0. The Hall–Kier alpha value is -1.88. The second kappa shape index (κ2) is 7.22. The highest BCUT2D eigenvalue weighted by Gasteiger charge is 2.15. The predicted octanol–water partition coefficient (Wildman–Crippen LogP) is 2.02. The number of carbonyl (C=O) groups is 2. The van der Waals surface area contributed by atoms with Gasteiger partial charge in [-0.2, -0.15) is 0 Å². The van der Waals surface area contributed by atoms with Crippen LogP contribution in [0.4, 0.5) is 5.69 Å². The number of anilines is 1. The van der Waals surface area contributed by atoms with Crippen molar-refractivity contribution < 1.29 is 9.59 Å².